The van der Waals surface area contributed by atoms with Crippen LogP contribution in [0.2, 0.25) is 0 Å². The van der Waals surface area contributed by atoms with Crippen LogP contribution in [0.4, 0.5) is 0 Å². The van der Waals surface area contributed by atoms with Crippen LogP contribution in [0, 0.1) is 0 Å². The predicted molar refractivity (Wildman–Crippen MR) is 99.2 cm³/mol. The first-order valence-corrected chi connectivity index (χ1v) is 9.04. The van der Waals surface area contributed by atoms with E-state index in [4.69, 9.17) is 4.52 Å². The van der Waals surface area contributed by atoms with Gasteiger partial charge in [-0.2, -0.15) is 0 Å². The summed E-state index contributed by atoms with van der Waals surface area (Å²) in [6.07, 6.45) is 4.06. The van der Waals surface area contributed by atoms with Gasteiger partial charge in [0.2, 0.25) is 0 Å². The van der Waals surface area contributed by atoms with Gasteiger partial charge in [0, 0.05) is 31.7 Å². The summed E-state index contributed by atoms with van der Waals surface area (Å²) in [5, 5.41) is 10.7. The number of guanidine groups is 1. The zero-order chi connectivity index (χ0) is 17.3. The molecule has 1 atom stereocenters. The van der Waals surface area contributed by atoms with Crippen molar-refractivity contribution < 1.29 is 4.52 Å². The van der Waals surface area contributed by atoms with E-state index < -0.39 is 0 Å². The van der Waals surface area contributed by atoms with Gasteiger partial charge in [-0.25, -0.2) is 4.99 Å². The van der Waals surface area contributed by atoms with Crippen molar-refractivity contribution in [2.45, 2.75) is 38.9 Å². The van der Waals surface area contributed by atoms with Crippen LogP contribution in [0.3, 0.4) is 0 Å². The Hall–Kier alpha value is -2.34. The second-order valence-electron chi connectivity index (χ2n) is 6.32. The van der Waals surface area contributed by atoms with Crippen LogP contribution in [0.15, 0.2) is 52.2 Å². The molecule has 0 amide bonds. The summed E-state index contributed by atoms with van der Waals surface area (Å²) in [6.45, 7) is 6.50. The molecule has 0 spiro atoms. The summed E-state index contributed by atoms with van der Waals surface area (Å²) in [5.74, 6) is 0.831. The highest BCUT2D eigenvalue weighted by molar-refractivity contribution is 5.79. The summed E-state index contributed by atoms with van der Waals surface area (Å²) in [5.41, 5.74) is 2.21. The molecule has 1 aromatic heterocycles. The Morgan fingerprint density at radius 1 is 1.28 bits per heavy atom. The van der Waals surface area contributed by atoms with Gasteiger partial charge in [0.25, 0.3) is 0 Å². The quantitative estimate of drug-likeness (QED) is 0.598. The molecule has 1 fully saturated rings. The fourth-order valence-electron chi connectivity index (χ4n) is 3.19. The van der Waals surface area contributed by atoms with Gasteiger partial charge in [-0.3, -0.25) is 4.90 Å². The Balaban J connectivity index is 1.53. The predicted octanol–water partition coefficient (Wildman–Crippen LogP) is 2.39. The number of benzene rings is 1. The maximum Gasteiger partial charge on any atom is 0.191 e. The molecule has 0 saturated carbocycles. The highest BCUT2D eigenvalue weighted by Gasteiger charge is 2.24. The maximum atomic E-state index is 4.85. The van der Waals surface area contributed by atoms with Crippen LogP contribution in [-0.4, -0.2) is 41.7 Å². The molecule has 1 aliphatic heterocycles. The van der Waals surface area contributed by atoms with Crippen LogP contribution in [0.5, 0.6) is 0 Å². The number of rotatable bonds is 7. The lowest BCUT2D eigenvalue weighted by molar-refractivity contribution is 0.245. The number of aliphatic imine (C=N–C) groups is 1. The van der Waals surface area contributed by atoms with E-state index in [9.17, 15) is 0 Å². The average Bonchev–Trinajstić information content (AvgIpc) is 3.30. The molecule has 0 radical (unpaired) electrons. The molecule has 1 aromatic carbocycles. The van der Waals surface area contributed by atoms with Crippen molar-refractivity contribution in [2.24, 2.45) is 4.99 Å². The molecule has 134 valence electrons. The standard InChI is InChI=1S/C19H27N5O/c1-2-20-19(21-13-17-10-12-25-23-17)22-14-18-9-6-11-24(18)15-16-7-4-3-5-8-16/h3-5,7-8,10,12,18H,2,6,9,11,13-15H2,1H3,(H2,20,21,22). The monoisotopic (exact) mass is 341 g/mol. The Morgan fingerprint density at radius 2 is 2.16 bits per heavy atom. The van der Waals surface area contributed by atoms with Crippen LogP contribution in [0.25, 0.3) is 0 Å². The van der Waals surface area contributed by atoms with Crippen molar-refractivity contribution in [1.82, 2.24) is 20.7 Å². The molecule has 2 aromatic rings. The molecule has 25 heavy (non-hydrogen) atoms. The lowest BCUT2D eigenvalue weighted by Gasteiger charge is -2.25. The molecule has 2 heterocycles. The third-order valence-electron chi connectivity index (χ3n) is 4.47. The smallest absolute Gasteiger partial charge is 0.191 e. The highest BCUT2D eigenvalue weighted by Crippen LogP contribution is 2.19. The SMILES string of the molecule is CCNC(=NCc1ccon1)NCC1CCCN1Cc1ccccc1. The van der Waals surface area contributed by atoms with Crippen LogP contribution in [-0.2, 0) is 13.1 Å². The lowest BCUT2D eigenvalue weighted by Crippen LogP contribution is -2.44. The van der Waals surface area contributed by atoms with Crippen molar-refractivity contribution in [3.8, 4) is 0 Å². The van der Waals surface area contributed by atoms with E-state index in [-0.39, 0.29) is 0 Å². The minimum absolute atomic E-state index is 0.518. The summed E-state index contributed by atoms with van der Waals surface area (Å²) in [4.78, 5) is 7.14. The molecule has 1 aliphatic rings. The number of nitrogens with one attached hydrogen (secondary N) is 2. The van der Waals surface area contributed by atoms with Gasteiger partial charge in [-0.15, -0.1) is 0 Å². The minimum Gasteiger partial charge on any atom is -0.364 e. The molecular formula is C19H27N5O. The van der Waals surface area contributed by atoms with Crippen molar-refractivity contribution in [3.05, 3.63) is 53.9 Å². The first-order valence-electron chi connectivity index (χ1n) is 9.04. The molecule has 0 bridgehead atoms. The largest absolute Gasteiger partial charge is 0.364 e. The van der Waals surface area contributed by atoms with Gasteiger partial charge in [0.1, 0.15) is 12.0 Å². The normalized spacial score (nSPS) is 18.4. The van der Waals surface area contributed by atoms with Crippen molar-refractivity contribution in [1.29, 1.82) is 0 Å². The van der Waals surface area contributed by atoms with Gasteiger partial charge < -0.3 is 15.2 Å². The average molecular weight is 341 g/mol. The maximum absolute atomic E-state index is 4.85. The van der Waals surface area contributed by atoms with Gasteiger partial charge >= 0.3 is 0 Å². The van der Waals surface area contributed by atoms with Crippen LogP contribution < -0.4 is 10.6 Å². The Kier molecular flexibility index (Phi) is 6.45. The molecule has 1 unspecified atom stereocenters. The zero-order valence-corrected chi connectivity index (χ0v) is 14.8. The summed E-state index contributed by atoms with van der Waals surface area (Å²) < 4.78 is 4.85. The van der Waals surface area contributed by atoms with E-state index in [1.807, 2.05) is 6.07 Å². The minimum atomic E-state index is 0.518. The number of hydrogen-bond donors (Lipinski definition) is 2. The van der Waals surface area contributed by atoms with Gasteiger partial charge in [0.05, 0.1) is 6.54 Å². The van der Waals surface area contributed by atoms with Gasteiger partial charge in [0.15, 0.2) is 5.96 Å². The van der Waals surface area contributed by atoms with E-state index >= 15 is 0 Å². The summed E-state index contributed by atoms with van der Waals surface area (Å²) in [6, 6.07) is 13.1. The molecule has 6 heteroatoms. The van der Waals surface area contributed by atoms with E-state index in [1.165, 1.54) is 18.4 Å². The first kappa shape index (κ1) is 17.5. The van der Waals surface area contributed by atoms with E-state index in [2.05, 4.69) is 62.9 Å². The third kappa shape index (κ3) is 5.32. The number of aromatic nitrogens is 1. The van der Waals surface area contributed by atoms with E-state index in [1.54, 1.807) is 6.26 Å². The molecule has 2 N–H and O–H groups in total. The fourth-order valence-corrected chi connectivity index (χ4v) is 3.19. The molecule has 0 aliphatic carbocycles. The number of hydrogen-bond acceptors (Lipinski definition) is 4. The second-order valence-corrected chi connectivity index (χ2v) is 6.32. The van der Waals surface area contributed by atoms with Crippen LogP contribution >= 0.6 is 0 Å². The highest BCUT2D eigenvalue weighted by atomic mass is 16.5. The second kappa shape index (κ2) is 9.22. The topological polar surface area (TPSA) is 65.7 Å². The number of likely N-dealkylation sites (tertiary alicyclic amines) is 1. The molecule has 3 rings (SSSR count). The van der Waals surface area contributed by atoms with E-state index in [0.717, 1.165) is 37.8 Å². The summed E-state index contributed by atoms with van der Waals surface area (Å²) in [7, 11) is 0. The lowest BCUT2D eigenvalue weighted by atomic mass is 10.2. The van der Waals surface area contributed by atoms with Crippen molar-refractivity contribution >= 4 is 5.96 Å². The van der Waals surface area contributed by atoms with E-state index in [0.29, 0.717) is 12.6 Å². The fraction of sp³-hybridized carbons (Fsp3) is 0.474. The van der Waals surface area contributed by atoms with Crippen LogP contribution in [0.1, 0.15) is 31.0 Å². The molecule has 6 nitrogen and oxygen atoms in total. The first-order chi connectivity index (χ1) is 12.3. The zero-order valence-electron chi connectivity index (χ0n) is 14.8. The Labute approximate surface area is 149 Å². The Morgan fingerprint density at radius 3 is 2.92 bits per heavy atom. The third-order valence-corrected chi connectivity index (χ3v) is 4.47. The van der Waals surface area contributed by atoms with Crippen molar-refractivity contribution in [2.75, 3.05) is 19.6 Å². The van der Waals surface area contributed by atoms with Gasteiger partial charge in [-0.05, 0) is 31.9 Å². The number of nitrogens with zero attached hydrogens (tertiary/aromatic N) is 3. The summed E-state index contributed by atoms with van der Waals surface area (Å²) >= 11 is 0. The van der Waals surface area contributed by atoms with Gasteiger partial charge in [-0.1, -0.05) is 35.5 Å². The Bertz CT molecular complexity index is 641. The molecule has 1 saturated heterocycles. The van der Waals surface area contributed by atoms with Crippen molar-refractivity contribution in [3.63, 3.8) is 0 Å². The molecular weight excluding hydrogens is 314 g/mol.